The zero-order valence-corrected chi connectivity index (χ0v) is 43.2. The highest BCUT2D eigenvalue weighted by atomic mass is 15.3. The first-order chi connectivity index (χ1) is 39.7. The minimum absolute atomic E-state index is 0.479. The van der Waals surface area contributed by atoms with Crippen LogP contribution in [-0.2, 0) is 0 Å². The number of benzene rings is 10. The normalized spacial score (nSPS) is 11.7. The molecule has 0 fully saturated rings. The van der Waals surface area contributed by atoms with Gasteiger partial charge < -0.3 is 4.90 Å². The summed E-state index contributed by atoms with van der Waals surface area (Å²) in [7, 11) is 0. The molecule has 13 aromatic rings. The Bertz CT molecular complexity index is 4120. The molecule has 14 rings (SSSR count). The third-order valence-electron chi connectivity index (χ3n) is 14.3. The molecular weight excluding hydrogens is 979 g/mol. The molecule has 3 aromatic heterocycles. The predicted octanol–water partition coefficient (Wildman–Crippen LogP) is 17.7. The molecule has 0 saturated heterocycles. The lowest BCUT2D eigenvalue weighted by atomic mass is 9.93. The van der Waals surface area contributed by atoms with Gasteiger partial charge in [0, 0.05) is 50.1 Å². The molecule has 80 heavy (non-hydrogen) atoms. The minimum Gasteiger partial charge on any atom is -0.305 e. The molecule has 0 amide bonds. The number of rotatable bonds is 11. The average molecular weight is 1030 g/mol. The minimum atomic E-state index is 0.479. The summed E-state index contributed by atoms with van der Waals surface area (Å²) >= 11 is 0. The van der Waals surface area contributed by atoms with Gasteiger partial charge in [-0.15, -0.1) is 0 Å². The van der Waals surface area contributed by atoms with Crippen molar-refractivity contribution in [2.75, 3.05) is 9.80 Å². The highest BCUT2D eigenvalue weighted by molar-refractivity contribution is 6.07. The van der Waals surface area contributed by atoms with E-state index in [4.69, 9.17) is 34.9 Å². The van der Waals surface area contributed by atoms with Crippen LogP contribution in [0.4, 0.5) is 34.4 Å². The van der Waals surface area contributed by atoms with E-state index in [1.807, 2.05) is 133 Å². The molecule has 1 aliphatic rings. The van der Waals surface area contributed by atoms with Crippen molar-refractivity contribution in [1.29, 1.82) is 0 Å². The molecule has 0 atom stereocenters. The van der Waals surface area contributed by atoms with Crippen molar-refractivity contribution in [1.82, 2.24) is 34.9 Å². The van der Waals surface area contributed by atoms with Crippen LogP contribution in [0.1, 0.15) is 0 Å². The Labute approximate surface area is 463 Å². The maximum absolute atomic E-state index is 5.59. The maximum atomic E-state index is 5.59. The Morgan fingerprint density at radius 2 is 0.487 bits per heavy atom. The number of anilines is 6. The van der Waals surface area contributed by atoms with E-state index in [1.165, 1.54) is 0 Å². The summed E-state index contributed by atoms with van der Waals surface area (Å²) in [5, 5.41) is 0. The largest absolute Gasteiger partial charge is 0.305 e. The van der Waals surface area contributed by atoms with E-state index in [-0.39, 0.29) is 0 Å². The van der Waals surface area contributed by atoms with Crippen molar-refractivity contribution in [2.45, 2.75) is 0 Å². The fourth-order valence-electron chi connectivity index (χ4n) is 10.5. The second-order valence-corrected chi connectivity index (χ2v) is 19.3. The van der Waals surface area contributed by atoms with Crippen molar-refractivity contribution in [3.05, 3.63) is 285 Å². The number of hydrogen-bond donors (Lipinski definition) is 0. The lowest BCUT2D eigenvalue weighted by molar-refractivity contribution is 1.01. The molecule has 10 aromatic carbocycles. The molecule has 376 valence electrons. The van der Waals surface area contributed by atoms with E-state index in [1.54, 1.807) is 0 Å². The highest BCUT2D eigenvalue weighted by Gasteiger charge is 2.36. The number of para-hydroxylation sites is 4. The van der Waals surface area contributed by atoms with E-state index < -0.39 is 0 Å². The van der Waals surface area contributed by atoms with E-state index in [2.05, 4.69) is 161 Å². The summed E-state index contributed by atoms with van der Waals surface area (Å²) in [5.74, 6) is 2.69. The summed E-state index contributed by atoms with van der Waals surface area (Å²) in [4.78, 5) is 42.3. The maximum Gasteiger partial charge on any atom is 0.238 e. The highest BCUT2D eigenvalue weighted by Crippen LogP contribution is 2.57. The van der Waals surface area contributed by atoms with Crippen LogP contribution in [0.3, 0.4) is 0 Å². The van der Waals surface area contributed by atoms with Crippen molar-refractivity contribution in [2.24, 2.45) is 0 Å². The van der Waals surface area contributed by atoms with Gasteiger partial charge in [0.25, 0.3) is 0 Å². The molecular formula is C71H47N9. The Balaban J connectivity index is 1.07. The van der Waals surface area contributed by atoms with Crippen LogP contribution >= 0.6 is 0 Å². The summed E-state index contributed by atoms with van der Waals surface area (Å²) in [6.45, 7) is 0. The van der Waals surface area contributed by atoms with Crippen LogP contribution in [-0.4, -0.2) is 34.9 Å². The molecule has 0 N–H and O–H groups in total. The van der Waals surface area contributed by atoms with Gasteiger partial charge in [0.05, 0.1) is 51.2 Å². The monoisotopic (exact) mass is 1030 g/mol. The number of nitrogens with zero attached hydrogens (tertiary/aromatic N) is 9. The second-order valence-electron chi connectivity index (χ2n) is 19.3. The molecule has 0 bridgehead atoms. The van der Waals surface area contributed by atoms with Gasteiger partial charge in [-0.3, -0.25) is 4.90 Å². The summed E-state index contributed by atoms with van der Waals surface area (Å²) in [6, 6.07) is 97.4. The first-order valence-electron chi connectivity index (χ1n) is 26.6. The zero-order chi connectivity index (χ0) is 53.2. The van der Waals surface area contributed by atoms with Gasteiger partial charge in [0.15, 0.2) is 23.3 Å². The van der Waals surface area contributed by atoms with E-state index >= 15 is 0 Å². The van der Waals surface area contributed by atoms with E-state index in [0.29, 0.717) is 29.2 Å². The van der Waals surface area contributed by atoms with Gasteiger partial charge in [-0.2, -0.15) is 9.97 Å². The number of aromatic nitrogens is 7. The SMILES string of the molecule is c1ccc(-c2cc(-c3ccccc3)nc(-c3cc(-c4ccccc4)c(N4c5ccccc5N(c5nc(-c6ccccc6)nc(-c6ccccc6)n5)c5ccccc54)c(-c4nc(-c5ccccc5)cc(-c5ccccc5)n4)c3)n2)cc1. The van der Waals surface area contributed by atoms with E-state index in [9.17, 15) is 0 Å². The summed E-state index contributed by atoms with van der Waals surface area (Å²) in [5.41, 5.74) is 16.6. The Morgan fingerprint density at radius 1 is 0.200 bits per heavy atom. The molecule has 0 radical (unpaired) electrons. The van der Waals surface area contributed by atoms with Crippen molar-refractivity contribution in [3.63, 3.8) is 0 Å². The Hall–Kier alpha value is -11.0. The molecule has 1 aliphatic heterocycles. The molecule has 4 heterocycles. The standard InChI is InChI=1S/C71H47N9/c1-8-26-48(27-9-1)56-44-55(69-72-58(49-28-10-2-11-29-49)46-59(73-69)50-30-12-3-13-31-50)45-57(70-74-60(51-32-14-4-15-33-51)47-61(75-70)52-34-16-5-17-35-52)66(56)79-62-40-22-24-42-64(62)80(65-43-25-23-41-63(65)79)71-77-67(53-36-18-6-19-37-53)76-68(78-71)54-38-20-7-21-39-54/h1-47H. The molecule has 9 nitrogen and oxygen atoms in total. The smallest absolute Gasteiger partial charge is 0.238 e. The molecule has 0 saturated carbocycles. The quantitative estimate of drug-likeness (QED) is 0.125. The van der Waals surface area contributed by atoms with Crippen LogP contribution in [0.25, 0.3) is 102 Å². The third-order valence-corrected chi connectivity index (χ3v) is 14.3. The van der Waals surface area contributed by atoms with E-state index in [0.717, 1.165) is 107 Å². The van der Waals surface area contributed by atoms with Gasteiger partial charge >= 0.3 is 0 Å². The van der Waals surface area contributed by atoms with Gasteiger partial charge in [0.1, 0.15) is 0 Å². The first-order valence-corrected chi connectivity index (χ1v) is 26.6. The fraction of sp³-hybridized carbons (Fsp3) is 0. The Morgan fingerprint density at radius 3 is 0.863 bits per heavy atom. The van der Waals surface area contributed by atoms with Crippen LogP contribution in [0.5, 0.6) is 0 Å². The molecule has 0 unspecified atom stereocenters. The number of fused-ring (bicyclic) bond motifs is 2. The van der Waals surface area contributed by atoms with Gasteiger partial charge in [-0.25, -0.2) is 24.9 Å². The van der Waals surface area contributed by atoms with Gasteiger partial charge in [-0.05, 0) is 54.1 Å². The Kier molecular flexibility index (Phi) is 12.3. The van der Waals surface area contributed by atoms with Crippen molar-refractivity contribution in [3.8, 4) is 102 Å². The van der Waals surface area contributed by atoms with Crippen molar-refractivity contribution >= 4 is 34.4 Å². The summed E-state index contributed by atoms with van der Waals surface area (Å²) < 4.78 is 0. The van der Waals surface area contributed by atoms with Crippen LogP contribution in [0.2, 0.25) is 0 Å². The number of hydrogen-bond acceptors (Lipinski definition) is 9. The fourth-order valence-corrected chi connectivity index (χ4v) is 10.5. The molecule has 9 heteroatoms. The lowest BCUT2D eigenvalue weighted by Crippen LogP contribution is -2.26. The van der Waals surface area contributed by atoms with Crippen LogP contribution in [0, 0.1) is 0 Å². The van der Waals surface area contributed by atoms with Crippen LogP contribution < -0.4 is 9.80 Å². The zero-order valence-electron chi connectivity index (χ0n) is 43.2. The molecule has 0 spiro atoms. The topological polar surface area (TPSA) is 96.7 Å². The van der Waals surface area contributed by atoms with Gasteiger partial charge in [-0.1, -0.05) is 237 Å². The second kappa shape index (κ2) is 20.8. The first kappa shape index (κ1) is 47.4. The van der Waals surface area contributed by atoms with Crippen molar-refractivity contribution < 1.29 is 0 Å². The van der Waals surface area contributed by atoms with Crippen LogP contribution in [0.15, 0.2) is 285 Å². The molecule has 0 aliphatic carbocycles. The predicted molar refractivity (Wildman–Crippen MR) is 323 cm³/mol. The summed E-state index contributed by atoms with van der Waals surface area (Å²) in [6.07, 6.45) is 0. The lowest BCUT2D eigenvalue weighted by Gasteiger charge is -2.40. The van der Waals surface area contributed by atoms with Gasteiger partial charge in [0.2, 0.25) is 5.95 Å². The third kappa shape index (κ3) is 9.10. The average Bonchev–Trinajstić information content (AvgIpc) is 3.64.